The van der Waals surface area contributed by atoms with Crippen molar-refractivity contribution in [2.45, 2.75) is 65.4 Å². The van der Waals surface area contributed by atoms with Crippen LogP contribution in [0.4, 0.5) is 0 Å². The molecule has 0 aromatic heterocycles. The fourth-order valence-corrected chi connectivity index (χ4v) is 4.77. The fourth-order valence-electron chi connectivity index (χ4n) is 4.01. The Bertz CT molecular complexity index is 579. The topological polar surface area (TPSA) is 35.5 Å². The predicted molar refractivity (Wildman–Crippen MR) is 114 cm³/mol. The molecule has 1 aliphatic rings. The normalized spacial score (nSPS) is 25.0. The first kappa shape index (κ1) is 22.3. The van der Waals surface area contributed by atoms with E-state index in [9.17, 15) is 4.79 Å². The lowest BCUT2D eigenvalue weighted by atomic mass is 9.67. The number of carbonyl (C=O) groups excluding carboxylic acids is 1. The second-order valence-electron chi connectivity index (χ2n) is 9.67. The largest absolute Gasteiger partial charge is 0.356 e. The van der Waals surface area contributed by atoms with Gasteiger partial charge in [-0.05, 0) is 36.3 Å². The van der Waals surface area contributed by atoms with Crippen molar-refractivity contribution in [1.82, 2.24) is 0 Å². The minimum Gasteiger partial charge on any atom is -0.356 e. The molecule has 3 nitrogen and oxygen atoms in total. The number of rotatable bonds is 9. The summed E-state index contributed by atoms with van der Waals surface area (Å²) in [6.07, 6.45) is 1.87. The molecule has 0 spiro atoms. The summed E-state index contributed by atoms with van der Waals surface area (Å²) in [5.41, 5.74) is 1.08. The molecule has 1 saturated carbocycles. The SMILES string of the molecule is CC(C)[C@H]1CC[C@@H](C)[C@H]([C@H](OCOCC[Si](C)(C)C)c2ccccc2)C1=O. The summed E-state index contributed by atoms with van der Waals surface area (Å²) in [6.45, 7) is 14.5. The molecule has 4 heteroatoms. The summed E-state index contributed by atoms with van der Waals surface area (Å²) in [5, 5.41) is 0. The molecule has 0 aliphatic heterocycles. The number of ether oxygens (including phenoxy) is 2. The Morgan fingerprint density at radius 1 is 1.11 bits per heavy atom. The monoisotopic (exact) mass is 390 g/mol. The van der Waals surface area contributed by atoms with Crippen molar-refractivity contribution in [3.8, 4) is 0 Å². The van der Waals surface area contributed by atoms with Crippen molar-refractivity contribution in [3.05, 3.63) is 35.9 Å². The van der Waals surface area contributed by atoms with Gasteiger partial charge in [-0.25, -0.2) is 0 Å². The minimum atomic E-state index is -1.11. The van der Waals surface area contributed by atoms with Crippen molar-refractivity contribution >= 4 is 13.9 Å². The quantitative estimate of drug-likeness (QED) is 0.297. The first-order chi connectivity index (χ1) is 12.7. The number of benzene rings is 1. The van der Waals surface area contributed by atoms with Crippen LogP contribution in [-0.2, 0) is 14.3 Å². The predicted octanol–water partition coefficient (Wildman–Crippen LogP) is 5.94. The summed E-state index contributed by atoms with van der Waals surface area (Å²) in [4.78, 5) is 13.3. The zero-order valence-corrected chi connectivity index (χ0v) is 19.0. The molecule has 0 N–H and O–H groups in total. The molecule has 4 atom stereocenters. The molecule has 0 radical (unpaired) electrons. The van der Waals surface area contributed by atoms with Crippen molar-refractivity contribution < 1.29 is 14.3 Å². The Kier molecular flexibility index (Phi) is 8.26. The molecule has 0 amide bonds. The Hall–Kier alpha value is -0.973. The van der Waals surface area contributed by atoms with Crippen LogP contribution in [0.25, 0.3) is 0 Å². The van der Waals surface area contributed by atoms with Gasteiger partial charge in [-0.1, -0.05) is 70.7 Å². The Morgan fingerprint density at radius 3 is 2.37 bits per heavy atom. The summed E-state index contributed by atoms with van der Waals surface area (Å²) < 4.78 is 12.0. The average Bonchev–Trinajstić information content (AvgIpc) is 2.59. The van der Waals surface area contributed by atoms with Crippen LogP contribution in [0.3, 0.4) is 0 Å². The average molecular weight is 391 g/mol. The van der Waals surface area contributed by atoms with Crippen LogP contribution in [0.15, 0.2) is 30.3 Å². The molecular weight excluding hydrogens is 352 g/mol. The first-order valence-electron chi connectivity index (χ1n) is 10.5. The molecule has 1 aliphatic carbocycles. The summed E-state index contributed by atoms with van der Waals surface area (Å²) in [7, 11) is -1.11. The van der Waals surface area contributed by atoms with Crippen LogP contribution in [-0.4, -0.2) is 27.3 Å². The second kappa shape index (κ2) is 9.99. The molecule has 0 bridgehead atoms. The van der Waals surface area contributed by atoms with Crippen LogP contribution < -0.4 is 0 Å². The third-order valence-corrected chi connectivity index (χ3v) is 7.53. The lowest BCUT2D eigenvalue weighted by Crippen LogP contribution is -2.40. The molecule has 152 valence electrons. The van der Waals surface area contributed by atoms with E-state index >= 15 is 0 Å². The van der Waals surface area contributed by atoms with Crippen molar-refractivity contribution in [3.63, 3.8) is 0 Å². The van der Waals surface area contributed by atoms with Gasteiger partial charge in [0.1, 0.15) is 12.6 Å². The van der Waals surface area contributed by atoms with Crippen LogP contribution in [0.5, 0.6) is 0 Å². The smallest absolute Gasteiger partial charge is 0.147 e. The molecule has 2 rings (SSSR count). The van der Waals surface area contributed by atoms with Crippen molar-refractivity contribution in [2.24, 2.45) is 23.7 Å². The van der Waals surface area contributed by atoms with E-state index in [1.54, 1.807) is 0 Å². The van der Waals surface area contributed by atoms with Gasteiger partial charge in [0.15, 0.2) is 0 Å². The van der Waals surface area contributed by atoms with Gasteiger partial charge >= 0.3 is 0 Å². The minimum absolute atomic E-state index is 0.0888. The molecule has 1 aromatic carbocycles. The van der Waals surface area contributed by atoms with Crippen molar-refractivity contribution in [1.29, 1.82) is 0 Å². The van der Waals surface area contributed by atoms with Gasteiger partial charge in [0.2, 0.25) is 0 Å². The van der Waals surface area contributed by atoms with E-state index in [2.05, 4.69) is 52.5 Å². The molecule has 0 heterocycles. The molecule has 0 saturated heterocycles. The number of Topliss-reactive ketones (excluding diaryl/α,β-unsaturated/α-hetero) is 1. The van der Waals surface area contributed by atoms with Gasteiger partial charge in [-0.2, -0.15) is 0 Å². The van der Waals surface area contributed by atoms with Gasteiger partial charge in [0.25, 0.3) is 0 Å². The van der Waals surface area contributed by atoms with Gasteiger partial charge in [0.05, 0.1) is 12.0 Å². The van der Waals surface area contributed by atoms with Gasteiger partial charge in [-0.3, -0.25) is 4.79 Å². The van der Waals surface area contributed by atoms with Crippen LogP contribution >= 0.6 is 0 Å². The Morgan fingerprint density at radius 2 is 1.78 bits per heavy atom. The molecular formula is C23H38O3Si. The van der Waals surface area contributed by atoms with Crippen molar-refractivity contribution in [2.75, 3.05) is 13.4 Å². The van der Waals surface area contributed by atoms with E-state index in [1.165, 1.54) is 0 Å². The van der Waals surface area contributed by atoms with E-state index in [0.717, 1.165) is 31.1 Å². The molecule has 27 heavy (non-hydrogen) atoms. The highest BCUT2D eigenvalue weighted by molar-refractivity contribution is 6.76. The second-order valence-corrected chi connectivity index (χ2v) is 15.3. The van der Waals surface area contributed by atoms with Gasteiger partial charge < -0.3 is 9.47 Å². The van der Waals surface area contributed by atoms with E-state index in [4.69, 9.17) is 9.47 Å². The standard InChI is InChI=1S/C23H38O3Si/c1-17(2)20-13-12-18(3)21(22(20)24)23(19-10-8-7-9-11-19)26-16-25-14-15-27(4,5)6/h7-11,17-18,20-21,23H,12-16H2,1-6H3/t18-,20-,21+,23-/m1/s1. The fraction of sp³-hybridized carbons (Fsp3) is 0.696. The number of hydrogen-bond donors (Lipinski definition) is 0. The third-order valence-electron chi connectivity index (χ3n) is 5.83. The highest BCUT2D eigenvalue weighted by Crippen LogP contribution is 2.42. The third kappa shape index (κ3) is 6.55. The van der Waals surface area contributed by atoms with E-state index in [-0.39, 0.29) is 24.7 Å². The maximum absolute atomic E-state index is 13.3. The van der Waals surface area contributed by atoms with Crippen LogP contribution in [0.1, 0.15) is 45.3 Å². The lowest BCUT2D eigenvalue weighted by molar-refractivity contribution is -0.151. The van der Waals surface area contributed by atoms with E-state index in [0.29, 0.717) is 17.6 Å². The summed E-state index contributed by atoms with van der Waals surface area (Å²) in [6, 6.07) is 11.3. The Balaban J connectivity index is 2.11. The zero-order chi connectivity index (χ0) is 20.0. The molecule has 1 aromatic rings. The number of hydrogen-bond acceptors (Lipinski definition) is 3. The molecule has 0 unspecified atom stereocenters. The van der Waals surface area contributed by atoms with E-state index in [1.807, 2.05) is 18.2 Å². The number of ketones is 1. The van der Waals surface area contributed by atoms with Crippen LogP contribution in [0, 0.1) is 23.7 Å². The highest BCUT2D eigenvalue weighted by atomic mass is 28.3. The maximum Gasteiger partial charge on any atom is 0.147 e. The van der Waals surface area contributed by atoms with Crippen LogP contribution in [0.2, 0.25) is 25.7 Å². The first-order valence-corrected chi connectivity index (χ1v) is 14.2. The summed E-state index contributed by atoms with van der Waals surface area (Å²) in [5.74, 6) is 1.15. The van der Waals surface area contributed by atoms with Gasteiger partial charge in [-0.15, -0.1) is 0 Å². The lowest BCUT2D eigenvalue weighted by Gasteiger charge is -2.39. The Labute approximate surface area is 166 Å². The molecule has 1 fully saturated rings. The summed E-state index contributed by atoms with van der Waals surface area (Å²) >= 11 is 0. The van der Waals surface area contributed by atoms with Gasteiger partial charge in [0, 0.05) is 20.6 Å². The zero-order valence-electron chi connectivity index (χ0n) is 18.0. The number of carbonyl (C=O) groups is 1. The van der Waals surface area contributed by atoms with E-state index < -0.39 is 8.07 Å². The highest BCUT2D eigenvalue weighted by Gasteiger charge is 2.42. The maximum atomic E-state index is 13.3.